The second-order valence-electron chi connectivity index (χ2n) is 4.32. The molecule has 3 N–H and O–H groups in total. The largest absolute Gasteiger partial charge is 0.389 e. The number of rotatable bonds is 0. The Morgan fingerprint density at radius 3 is 2.62 bits per heavy atom. The van der Waals surface area contributed by atoms with Crippen LogP contribution in [-0.2, 0) is 11.8 Å². The lowest BCUT2D eigenvalue weighted by Crippen LogP contribution is -2.64. The lowest BCUT2D eigenvalue weighted by atomic mass is 9.73. The summed E-state index contributed by atoms with van der Waals surface area (Å²) in [6.07, 6.45) is -0.277. The van der Waals surface area contributed by atoms with Crippen molar-refractivity contribution in [2.24, 2.45) is 0 Å². The summed E-state index contributed by atoms with van der Waals surface area (Å²) in [6.45, 7) is 0.468. The Kier molecular flexibility index (Phi) is 1.71. The van der Waals surface area contributed by atoms with Crippen molar-refractivity contribution in [3.63, 3.8) is 0 Å². The van der Waals surface area contributed by atoms with Crippen molar-refractivity contribution in [3.8, 4) is 6.07 Å². The van der Waals surface area contributed by atoms with E-state index in [4.69, 9.17) is 11.0 Å². The summed E-state index contributed by atoms with van der Waals surface area (Å²) in [4.78, 5) is 0.584. The zero-order valence-electron chi connectivity index (χ0n) is 8.31. The molecular formula is C10H9F2N3S. The van der Waals surface area contributed by atoms with Crippen molar-refractivity contribution in [2.75, 3.05) is 18.8 Å². The number of hydrogen-bond donors (Lipinski definition) is 2. The predicted molar refractivity (Wildman–Crippen MR) is 56.6 cm³/mol. The van der Waals surface area contributed by atoms with Crippen LogP contribution in [0.4, 0.5) is 13.8 Å². The Hall–Kier alpha value is -1.19. The third-order valence-electron chi connectivity index (χ3n) is 3.54. The van der Waals surface area contributed by atoms with Crippen LogP contribution in [0.25, 0.3) is 0 Å². The summed E-state index contributed by atoms with van der Waals surface area (Å²) in [5.41, 5.74) is 5.27. The zero-order valence-corrected chi connectivity index (χ0v) is 9.13. The van der Waals surface area contributed by atoms with Gasteiger partial charge in [-0.05, 0) is 0 Å². The number of halogens is 2. The normalized spacial score (nSPS) is 23.8. The average Bonchev–Trinajstić information content (AvgIpc) is 2.50. The molecule has 1 aliphatic carbocycles. The molecule has 1 aliphatic heterocycles. The number of fused-ring (bicyclic) bond motifs is 2. The summed E-state index contributed by atoms with van der Waals surface area (Å²) in [5, 5.41) is 12.2. The minimum Gasteiger partial charge on any atom is -0.389 e. The van der Waals surface area contributed by atoms with E-state index in [1.165, 1.54) is 0 Å². The first-order chi connectivity index (χ1) is 7.52. The van der Waals surface area contributed by atoms with Gasteiger partial charge >= 0.3 is 0 Å². The van der Waals surface area contributed by atoms with Crippen LogP contribution >= 0.6 is 11.3 Å². The molecule has 0 saturated carbocycles. The van der Waals surface area contributed by atoms with Crippen molar-refractivity contribution in [3.05, 3.63) is 16.0 Å². The molecule has 84 valence electrons. The standard InChI is InChI=1S/C10H9F2N3S/c11-10(12)1-6-7(9(10)3-15-4-9)5(2-13)8(14)16-6/h15H,1,3-4,14H2. The van der Waals surface area contributed by atoms with Crippen LogP contribution < -0.4 is 11.1 Å². The highest BCUT2D eigenvalue weighted by Gasteiger charge is 2.65. The van der Waals surface area contributed by atoms with Gasteiger partial charge in [0.2, 0.25) is 0 Å². The third kappa shape index (κ3) is 0.890. The van der Waals surface area contributed by atoms with Gasteiger partial charge in [-0.3, -0.25) is 0 Å². The van der Waals surface area contributed by atoms with Gasteiger partial charge in [0.05, 0.1) is 11.0 Å². The molecule has 1 saturated heterocycles. The molecule has 3 nitrogen and oxygen atoms in total. The van der Waals surface area contributed by atoms with Crippen LogP contribution in [-0.4, -0.2) is 19.0 Å². The van der Waals surface area contributed by atoms with Gasteiger partial charge in [0.15, 0.2) is 0 Å². The summed E-state index contributed by atoms with van der Waals surface area (Å²) < 4.78 is 27.9. The number of nitrogens with zero attached hydrogens (tertiary/aromatic N) is 1. The highest BCUT2D eigenvalue weighted by Crippen LogP contribution is 2.56. The van der Waals surface area contributed by atoms with Crippen LogP contribution in [0.5, 0.6) is 0 Å². The zero-order chi connectivity index (χ0) is 11.6. The average molecular weight is 241 g/mol. The molecular weight excluding hydrogens is 232 g/mol. The number of nitrogen functional groups attached to an aromatic ring is 1. The van der Waals surface area contributed by atoms with E-state index in [1.54, 1.807) is 0 Å². The van der Waals surface area contributed by atoms with E-state index >= 15 is 0 Å². The van der Waals surface area contributed by atoms with E-state index in [-0.39, 0.29) is 25.1 Å². The molecule has 1 fully saturated rings. The van der Waals surface area contributed by atoms with E-state index in [0.717, 1.165) is 11.3 Å². The molecule has 16 heavy (non-hydrogen) atoms. The van der Waals surface area contributed by atoms with Crippen LogP contribution in [0, 0.1) is 11.3 Å². The lowest BCUT2D eigenvalue weighted by Gasteiger charge is -2.44. The molecule has 2 aliphatic rings. The van der Waals surface area contributed by atoms with Gasteiger partial charge < -0.3 is 11.1 Å². The molecule has 1 spiro atoms. The minimum atomic E-state index is -2.75. The SMILES string of the molecule is N#Cc1c(N)sc2c1C1(CNC1)C(F)(F)C2. The van der Waals surface area contributed by atoms with Crippen molar-refractivity contribution in [1.82, 2.24) is 5.32 Å². The van der Waals surface area contributed by atoms with Crippen molar-refractivity contribution >= 4 is 16.3 Å². The van der Waals surface area contributed by atoms with Gasteiger partial charge in [-0.1, -0.05) is 0 Å². The Balaban J connectivity index is 2.26. The van der Waals surface area contributed by atoms with Crippen LogP contribution in [0.15, 0.2) is 0 Å². The first-order valence-electron chi connectivity index (χ1n) is 4.92. The van der Waals surface area contributed by atoms with E-state index in [0.29, 0.717) is 15.4 Å². The van der Waals surface area contributed by atoms with E-state index in [2.05, 4.69) is 5.32 Å². The van der Waals surface area contributed by atoms with Gasteiger partial charge in [0.25, 0.3) is 5.92 Å². The summed E-state index contributed by atoms with van der Waals surface area (Å²) in [7, 11) is 0. The van der Waals surface area contributed by atoms with Gasteiger partial charge in [0.1, 0.15) is 11.1 Å². The van der Waals surface area contributed by atoms with E-state index in [9.17, 15) is 8.78 Å². The molecule has 0 aromatic carbocycles. The first kappa shape index (κ1) is 10.00. The van der Waals surface area contributed by atoms with E-state index in [1.807, 2.05) is 6.07 Å². The number of anilines is 1. The van der Waals surface area contributed by atoms with E-state index < -0.39 is 11.3 Å². The lowest BCUT2D eigenvalue weighted by molar-refractivity contribution is -0.0864. The second-order valence-corrected chi connectivity index (χ2v) is 5.45. The van der Waals surface area contributed by atoms with Crippen LogP contribution in [0.1, 0.15) is 16.0 Å². The highest BCUT2D eigenvalue weighted by atomic mass is 32.1. The number of thiophene rings is 1. The highest BCUT2D eigenvalue weighted by molar-refractivity contribution is 7.16. The maximum Gasteiger partial charge on any atom is 0.264 e. The summed E-state index contributed by atoms with van der Waals surface area (Å²) in [6, 6.07) is 1.96. The maximum atomic E-state index is 13.9. The molecule has 0 radical (unpaired) electrons. The fraction of sp³-hybridized carbons (Fsp3) is 0.500. The molecule has 0 unspecified atom stereocenters. The molecule has 1 aromatic heterocycles. The molecule has 2 heterocycles. The minimum absolute atomic E-state index is 0.234. The molecule has 1 aromatic rings. The Morgan fingerprint density at radius 2 is 2.12 bits per heavy atom. The number of alkyl halides is 2. The monoisotopic (exact) mass is 241 g/mol. The van der Waals surface area contributed by atoms with Gasteiger partial charge in [-0.25, -0.2) is 8.78 Å². The van der Waals surface area contributed by atoms with Crippen LogP contribution in [0.3, 0.4) is 0 Å². The smallest absolute Gasteiger partial charge is 0.264 e. The van der Waals surface area contributed by atoms with Gasteiger partial charge in [-0.15, -0.1) is 11.3 Å². The number of nitriles is 1. The quantitative estimate of drug-likeness (QED) is 0.718. The molecule has 0 amide bonds. The number of nitrogens with two attached hydrogens (primary N) is 1. The van der Waals surface area contributed by atoms with Crippen molar-refractivity contribution in [1.29, 1.82) is 5.26 Å². The number of hydrogen-bond acceptors (Lipinski definition) is 4. The Labute approximate surface area is 94.9 Å². The Morgan fingerprint density at radius 1 is 1.44 bits per heavy atom. The molecule has 0 bridgehead atoms. The second kappa shape index (κ2) is 2.73. The molecule has 3 rings (SSSR count). The predicted octanol–water partition coefficient (Wildman–Crippen LogP) is 1.23. The van der Waals surface area contributed by atoms with Crippen molar-refractivity contribution in [2.45, 2.75) is 17.8 Å². The fourth-order valence-electron chi connectivity index (χ4n) is 2.60. The van der Waals surface area contributed by atoms with Gasteiger partial charge in [0, 0.05) is 30.0 Å². The molecule has 6 heteroatoms. The fourth-order valence-corrected chi connectivity index (χ4v) is 3.77. The summed E-state index contributed by atoms with van der Waals surface area (Å²) in [5.74, 6) is -2.75. The van der Waals surface area contributed by atoms with Crippen molar-refractivity contribution < 1.29 is 8.78 Å². The van der Waals surface area contributed by atoms with Gasteiger partial charge in [-0.2, -0.15) is 5.26 Å². The number of nitrogens with one attached hydrogen (secondary N) is 1. The maximum absolute atomic E-state index is 13.9. The Bertz CT molecular complexity index is 511. The van der Waals surface area contributed by atoms with Crippen LogP contribution in [0.2, 0.25) is 0 Å². The summed E-state index contributed by atoms with van der Waals surface area (Å²) >= 11 is 1.13. The first-order valence-corrected chi connectivity index (χ1v) is 5.74. The topological polar surface area (TPSA) is 61.8 Å². The molecule has 0 atom stereocenters. The third-order valence-corrected chi connectivity index (χ3v) is 4.55.